The van der Waals surface area contributed by atoms with Gasteiger partial charge in [0.2, 0.25) is 0 Å². The number of halogens is 3. The number of alkyl halides is 3. The molecule has 1 atom stereocenters. The minimum atomic E-state index is -4.27. The average Bonchev–Trinajstić information content (AvgIpc) is 2.73. The molecular formula is C25H35F3O. The van der Waals surface area contributed by atoms with Gasteiger partial charge < -0.3 is 4.74 Å². The van der Waals surface area contributed by atoms with Crippen molar-refractivity contribution >= 4 is 0 Å². The van der Waals surface area contributed by atoms with E-state index in [4.69, 9.17) is 4.74 Å². The number of benzene rings is 1. The molecular weight excluding hydrogens is 373 g/mol. The van der Waals surface area contributed by atoms with Crippen LogP contribution in [0.3, 0.4) is 0 Å². The van der Waals surface area contributed by atoms with Crippen LogP contribution in [-0.2, 0) is 17.8 Å². The van der Waals surface area contributed by atoms with Gasteiger partial charge in [-0.2, -0.15) is 13.2 Å². The number of rotatable bonds is 4. The normalized spacial score (nSPS) is 33.3. The smallest absolute Gasteiger partial charge is 0.364 e. The first-order valence-electron chi connectivity index (χ1n) is 11.7. The molecule has 2 aliphatic carbocycles. The van der Waals surface area contributed by atoms with Crippen LogP contribution in [0.4, 0.5) is 13.2 Å². The maximum atomic E-state index is 12.9. The second-order valence-corrected chi connectivity index (χ2v) is 9.75. The van der Waals surface area contributed by atoms with Gasteiger partial charge in [0, 0.05) is 6.42 Å². The van der Waals surface area contributed by atoms with Gasteiger partial charge in [-0.25, -0.2) is 0 Å². The molecule has 1 aliphatic heterocycles. The molecule has 0 aromatic heterocycles. The van der Waals surface area contributed by atoms with Gasteiger partial charge in [-0.15, -0.1) is 0 Å². The highest BCUT2D eigenvalue weighted by Crippen LogP contribution is 2.45. The highest BCUT2D eigenvalue weighted by atomic mass is 19.4. The van der Waals surface area contributed by atoms with E-state index in [2.05, 4.69) is 19.1 Å². The first-order valence-corrected chi connectivity index (χ1v) is 11.7. The molecule has 2 fully saturated rings. The Morgan fingerprint density at radius 1 is 0.897 bits per heavy atom. The SMILES string of the molecule is CCCC1CCC(C2CCC(c3ccc4c(c3)COC(C(F)(F)F)C4)CC2)CC1. The second kappa shape index (κ2) is 8.99. The van der Waals surface area contributed by atoms with Crippen LogP contribution >= 0.6 is 0 Å². The number of hydrogen-bond acceptors (Lipinski definition) is 1. The molecule has 1 aromatic carbocycles. The minimum Gasteiger partial charge on any atom is -0.364 e. The van der Waals surface area contributed by atoms with Crippen molar-refractivity contribution in [2.75, 3.05) is 0 Å². The molecule has 1 heterocycles. The van der Waals surface area contributed by atoms with Crippen molar-refractivity contribution in [3.8, 4) is 0 Å². The minimum absolute atomic E-state index is 0.0490. The Labute approximate surface area is 173 Å². The average molecular weight is 409 g/mol. The van der Waals surface area contributed by atoms with Gasteiger partial charge in [0.05, 0.1) is 6.61 Å². The topological polar surface area (TPSA) is 9.23 Å². The second-order valence-electron chi connectivity index (χ2n) is 9.75. The zero-order valence-electron chi connectivity index (χ0n) is 17.6. The van der Waals surface area contributed by atoms with E-state index in [0.29, 0.717) is 5.92 Å². The van der Waals surface area contributed by atoms with Gasteiger partial charge in [-0.1, -0.05) is 50.8 Å². The predicted octanol–water partition coefficient (Wildman–Crippen LogP) is 7.57. The highest BCUT2D eigenvalue weighted by Gasteiger charge is 2.42. The van der Waals surface area contributed by atoms with E-state index < -0.39 is 12.3 Å². The summed E-state index contributed by atoms with van der Waals surface area (Å²) in [5.41, 5.74) is 3.07. The van der Waals surface area contributed by atoms with Crippen molar-refractivity contribution in [2.45, 2.75) is 102 Å². The van der Waals surface area contributed by atoms with Crippen molar-refractivity contribution in [3.63, 3.8) is 0 Å². The molecule has 4 heteroatoms. The first kappa shape index (κ1) is 21.2. The molecule has 2 saturated carbocycles. The van der Waals surface area contributed by atoms with Crippen molar-refractivity contribution in [3.05, 3.63) is 34.9 Å². The molecule has 0 saturated heterocycles. The quantitative estimate of drug-likeness (QED) is 0.499. The molecule has 0 radical (unpaired) electrons. The molecule has 1 unspecified atom stereocenters. The lowest BCUT2D eigenvalue weighted by molar-refractivity contribution is -0.226. The molecule has 0 N–H and O–H groups in total. The Balaban J connectivity index is 1.31. The largest absolute Gasteiger partial charge is 0.414 e. The molecule has 0 spiro atoms. The molecule has 4 rings (SSSR count). The zero-order chi connectivity index (χ0) is 20.4. The monoisotopic (exact) mass is 408 g/mol. The van der Waals surface area contributed by atoms with Crippen molar-refractivity contribution in [1.29, 1.82) is 0 Å². The third kappa shape index (κ3) is 5.00. The molecule has 0 amide bonds. The van der Waals surface area contributed by atoms with E-state index >= 15 is 0 Å². The van der Waals surface area contributed by atoms with Crippen LogP contribution in [0.25, 0.3) is 0 Å². The maximum Gasteiger partial charge on any atom is 0.414 e. The zero-order valence-corrected chi connectivity index (χ0v) is 17.6. The Bertz CT molecular complexity index is 667. The van der Waals surface area contributed by atoms with Crippen LogP contribution in [-0.4, -0.2) is 12.3 Å². The van der Waals surface area contributed by atoms with E-state index in [0.717, 1.165) is 28.9 Å². The maximum absolute atomic E-state index is 12.9. The first-order chi connectivity index (χ1) is 13.9. The molecule has 3 aliphatic rings. The number of hydrogen-bond donors (Lipinski definition) is 0. The van der Waals surface area contributed by atoms with Gasteiger partial charge >= 0.3 is 6.18 Å². The van der Waals surface area contributed by atoms with Gasteiger partial charge in [-0.3, -0.25) is 0 Å². The molecule has 162 valence electrons. The van der Waals surface area contributed by atoms with Crippen LogP contribution in [0.15, 0.2) is 18.2 Å². The Hall–Kier alpha value is -1.03. The van der Waals surface area contributed by atoms with Gasteiger partial charge in [-0.05, 0) is 78.9 Å². The van der Waals surface area contributed by atoms with E-state index in [1.807, 2.05) is 6.07 Å². The molecule has 1 aromatic rings. The third-order valence-electron chi connectivity index (χ3n) is 7.94. The number of ether oxygens (including phenoxy) is 1. The van der Waals surface area contributed by atoms with Gasteiger partial charge in [0.25, 0.3) is 0 Å². The summed E-state index contributed by atoms with van der Waals surface area (Å²) < 4.78 is 43.9. The summed E-state index contributed by atoms with van der Waals surface area (Å²) >= 11 is 0. The summed E-state index contributed by atoms with van der Waals surface area (Å²) in [4.78, 5) is 0. The summed E-state index contributed by atoms with van der Waals surface area (Å²) in [7, 11) is 0. The van der Waals surface area contributed by atoms with Crippen LogP contribution < -0.4 is 0 Å². The Kier molecular flexibility index (Phi) is 6.58. The molecule has 0 bridgehead atoms. The summed E-state index contributed by atoms with van der Waals surface area (Å²) in [6.45, 7) is 2.39. The van der Waals surface area contributed by atoms with Gasteiger partial charge in [0.1, 0.15) is 0 Å². The lowest BCUT2D eigenvalue weighted by Crippen LogP contribution is -2.36. The Morgan fingerprint density at radius 3 is 2.17 bits per heavy atom. The fraction of sp³-hybridized carbons (Fsp3) is 0.760. The van der Waals surface area contributed by atoms with Crippen LogP contribution in [0, 0.1) is 17.8 Å². The number of fused-ring (bicyclic) bond motifs is 1. The lowest BCUT2D eigenvalue weighted by Gasteiger charge is -2.38. The highest BCUT2D eigenvalue weighted by molar-refractivity contribution is 5.35. The van der Waals surface area contributed by atoms with Crippen molar-refractivity contribution < 1.29 is 17.9 Å². The van der Waals surface area contributed by atoms with E-state index in [9.17, 15) is 13.2 Å². The summed E-state index contributed by atoms with van der Waals surface area (Å²) in [5, 5.41) is 0. The van der Waals surface area contributed by atoms with Crippen molar-refractivity contribution in [1.82, 2.24) is 0 Å². The van der Waals surface area contributed by atoms with Crippen molar-refractivity contribution in [2.24, 2.45) is 17.8 Å². The van der Waals surface area contributed by atoms with E-state index in [1.54, 1.807) is 0 Å². The van der Waals surface area contributed by atoms with E-state index in [-0.39, 0.29) is 13.0 Å². The predicted molar refractivity (Wildman–Crippen MR) is 110 cm³/mol. The summed E-state index contributed by atoms with van der Waals surface area (Å²) in [6.07, 6.45) is 7.57. The van der Waals surface area contributed by atoms with Crippen LogP contribution in [0.2, 0.25) is 0 Å². The fourth-order valence-electron chi connectivity index (χ4n) is 6.17. The lowest BCUT2D eigenvalue weighted by atomic mass is 9.68. The van der Waals surface area contributed by atoms with E-state index in [1.165, 1.54) is 69.8 Å². The fourth-order valence-corrected chi connectivity index (χ4v) is 6.17. The molecule has 1 nitrogen and oxygen atoms in total. The summed E-state index contributed by atoms with van der Waals surface area (Å²) in [5.74, 6) is 3.36. The Morgan fingerprint density at radius 2 is 1.55 bits per heavy atom. The molecule has 29 heavy (non-hydrogen) atoms. The van der Waals surface area contributed by atoms with Crippen LogP contribution in [0.1, 0.15) is 93.7 Å². The third-order valence-corrected chi connectivity index (χ3v) is 7.94. The van der Waals surface area contributed by atoms with Gasteiger partial charge in [0.15, 0.2) is 6.10 Å². The standard InChI is InChI=1S/C25H35F3O/c1-2-3-17-4-6-18(7-5-17)19-8-10-20(11-9-19)21-12-13-22-15-24(25(26,27)28)29-16-23(22)14-21/h12-14,17-20,24H,2-11,15-16H2,1H3. The summed E-state index contributed by atoms with van der Waals surface area (Å²) in [6, 6.07) is 6.13. The van der Waals surface area contributed by atoms with Crippen LogP contribution in [0.5, 0.6) is 0 Å².